The fourth-order valence-corrected chi connectivity index (χ4v) is 3.55. The molecule has 0 saturated heterocycles. The first kappa shape index (κ1) is 23.1. The van der Waals surface area contributed by atoms with Gasteiger partial charge in [0.05, 0.1) is 19.2 Å². The minimum Gasteiger partial charge on any atom is -0.493 e. The highest BCUT2D eigenvalue weighted by atomic mass is 35.5. The molecule has 7 nitrogen and oxygen atoms in total. The van der Waals surface area contributed by atoms with Crippen LogP contribution in [0, 0.1) is 0 Å². The molecule has 1 aliphatic heterocycles. The number of rotatable bonds is 7. The summed E-state index contributed by atoms with van der Waals surface area (Å²) in [6.07, 6.45) is 1.53. The number of halogens is 1. The van der Waals surface area contributed by atoms with E-state index in [-0.39, 0.29) is 34.7 Å². The van der Waals surface area contributed by atoms with Gasteiger partial charge in [-0.2, -0.15) is 0 Å². The number of carbonyl (C=O) groups excluding carboxylic acids is 2. The molecule has 0 fully saturated rings. The van der Waals surface area contributed by atoms with E-state index in [1.807, 2.05) is 54.6 Å². The maximum absolute atomic E-state index is 12.4. The topological polar surface area (TPSA) is 83.4 Å². The predicted octanol–water partition coefficient (Wildman–Crippen LogP) is 4.91. The van der Waals surface area contributed by atoms with Crippen molar-refractivity contribution in [2.24, 2.45) is 4.99 Å². The van der Waals surface area contributed by atoms with Gasteiger partial charge in [0.2, 0.25) is 5.90 Å². The molecular weight excluding hydrogens is 458 g/mol. The molecule has 0 unspecified atom stereocenters. The van der Waals surface area contributed by atoms with E-state index in [9.17, 15) is 9.59 Å². The molecule has 3 aromatic rings. The highest BCUT2D eigenvalue weighted by molar-refractivity contribution is 6.32. The number of nitrogens with zero attached hydrogens (tertiary/aromatic N) is 1. The minimum absolute atomic E-state index is 0.114. The van der Waals surface area contributed by atoms with Gasteiger partial charge < -0.3 is 18.9 Å². The lowest BCUT2D eigenvalue weighted by molar-refractivity contribution is -0.143. The van der Waals surface area contributed by atoms with Crippen LogP contribution in [0.4, 0.5) is 0 Å². The summed E-state index contributed by atoms with van der Waals surface area (Å²) < 4.78 is 20.7. The van der Waals surface area contributed by atoms with Crippen LogP contribution >= 0.6 is 11.6 Å². The highest BCUT2D eigenvalue weighted by Crippen LogP contribution is 2.37. The van der Waals surface area contributed by atoms with Crippen molar-refractivity contribution < 1.29 is 28.5 Å². The Balaban J connectivity index is 1.57. The summed E-state index contributed by atoms with van der Waals surface area (Å²) >= 11 is 6.31. The summed E-state index contributed by atoms with van der Waals surface area (Å²) in [4.78, 5) is 28.1. The number of hydrogen-bond donors (Lipinski definition) is 0. The quantitative estimate of drug-likeness (QED) is 0.355. The van der Waals surface area contributed by atoms with Crippen molar-refractivity contribution in [2.75, 3.05) is 20.8 Å². The maximum atomic E-state index is 12.4. The summed E-state index contributed by atoms with van der Waals surface area (Å²) in [5.41, 5.74) is 3.47. The standard InChI is InChI=1S/C26H20ClNO6/c1-31-22-14-16(12-20(27)24(22)33-15-23(29)32-2)13-21-26(30)34-25(28-21)19-10-8-18(9-11-19)17-6-4-3-5-7-17/h3-14H,15H2,1-2H3/b21-13-. The van der Waals surface area contributed by atoms with Crippen LogP contribution in [0.5, 0.6) is 11.5 Å². The zero-order chi connectivity index (χ0) is 24.1. The van der Waals surface area contributed by atoms with Crippen LogP contribution in [0.25, 0.3) is 17.2 Å². The van der Waals surface area contributed by atoms with E-state index in [0.717, 1.165) is 11.1 Å². The Morgan fingerprint density at radius 2 is 1.68 bits per heavy atom. The zero-order valence-electron chi connectivity index (χ0n) is 18.4. The van der Waals surface area contributed by atoms with Gasteiger partial charge in [-0.3, -0.25) is 0 Å². The second-order valence-electron chi connectivity index (χ2n) is 7.18. The van der Waals surface area contributed by atoms with Gasteiger partial charge >= 0.3 is 11.9 Å². The number of cyclic esters (lactones) is 1. The molecule has 8 heteroatoms. The van der Waals surface area contributed by atoms with E-state index >= 15 is 0 Å². The number of carbonyl (C=O) groups is 2. The second kappa shape index (κ2) is 10.2. The Kier molecular flexibility index (Phi) is 6.94. The maximum Gasteiger partial charge on any atom is 0.363 e. The summed E-state index contributed by atoms with van der Waals surface area (Å²) in [6, 6.07) is 20.7. The van der Waals surface area contributed by atoms with Crippen molar-refractivity contribution in [3.05, 3.63) is 88.6 Å². The second-order valence-corrected chi connectivity index (χ2v) is 7.59. The molecule has 1 aliphatic rings. The molecule has 0 radical (unpaired) electrons. The Morgan fingerprint density at radius 1 is 1.00 bits per heavy atom. The molecule has 4 rings (SSSR count). The summed E-state index contributed by atoms with van der Waals surface area (Å²) in [7, 11) is 2.69. The lowest BCUT2D eigenvalue weighted by Crippen LogP contribution is -2.13. The molecule has 172 valence electrons. The lowest BCUT2D eigenvalue weighted by Gasteiger charge is -2.12. The lowest BCUT2D eigenvalue weighted by atomic mass is 10.0. The van der Waals surface area contributed by atoms with Crippen molar-refractivity contribution in [3.63, 3.8) is 0 Å². The van der Waals surface area contributed by atoms with Crippen LogP contribution in [0.2, 0.25) is 5.02 Å². The Morgan fingerprint density at radius 3 is 2.35 bits per heavy atom. The van der Waals surface area contributed by atoms with Crippen LogP contribution < -0.4 is 9.47 Å². The van der Waals surface area contributed by atoms with E-state index in [2.05, 4.69) is 9.73 Å². The SMILES string of the molecule is COC(=O)COc1c(Cl)cc(/C=C2\N=C(c3ccc(-c4ccccc4)cc3)OC2=O)cc1OC. The van der Waals surface area contributed by atoms with Gasteiger partial charge in [-0.1, -0.05) is 54.1 Å². The Hall–Kier alpha value is -4.10. The summed E-state index contributed by atoms with van der Waals surface area (Å²) in [5.74, 6) is -0.449. The van der Waals surface area contributed by atoms with Crippen molar-refractivity contribution in [1.82, 2.24) is 0 Å². The van der Waals surface area contributed by atoms with Gasteiger partial charge in [-0.05, 0) is 47.0 Å². The number of esters is 2. The van der Waals surface area contributed by atoms with E-state index < -0.39 is 11.9 Å². The molecular formula is C26H20ClNO6. The van der Waals surface area contributed by atoms with Crippen LogP contribution in [-0.4, -0.2) is 38.7 Å². The molecule has 0 aliphatic carbocycles. The average molecular weight is 478 g/mol. The molecule has 0 spiro atoms. The third kappa shape index (κ3) is 5.10. The third-order valence-electron chi connectivity index (χ3n) is 4.98. The number of aliphatic imine (C=N–C) groups is 1. The number of benzene rings is 3. The van der Waals surface area contributed by atoms with Crippen LogP contribution in [0.1, 0.15) is 11.1 Å². The van der Waals surface area contributed by atoms with Crippen molar-refractivity contribution in [1.29, 1.82) is 0 Å². The average Bonchev–Trinajstić information content (AvgIpc) is 3.23. The van der Waals surface area contributed by atoms with Crippen molar-refractivity contribution in [2.45, 2.75) is 0 Å². The number of ether oxygens (including phenoxy) is 4. The highest BCUT2D eigenvalue weighted by Gasteiger charge is 2.24. The van der Waals surface area contributed by atoms with Gasteiger partial charge in [0.1, 0.15) is 0 Å². The van der Waals surface area contributed by atoms with E-state index in [1.54, 1.807) is 12.1 Å². The first-order valence-corrected chi connectivity index (χ1v) is 10.6. The van der Waals surface area contributed by atoms with Crippen LogP contribution in [-0.2, 0) is 19.1 Å². The first-order chi connectivity index (χ1) is 16.5. The Bertz CT molecular complexity index is 1280. The van der Waals surface area contributed by atoms with E-state index in [4.69, 9.17) is 25.8 Å². The molecule has 0 aromatic heterocycles. The fraction of sp³-hybridized carbons (Fsp3) is 0.115. The molecule has 0 saturated carbocycles. The molecule has 1 heterocycles. The van der Waals surface area contributed by atoms with Crippen LogP contribution in [0.15, 0.2) is 77.4 Å². The fourth-order valence-electron chi connectivity index (χ4n) is 3.28. The van der Waals surface area contributed by atoms with Gasteiger partial charge in [0.25, 0.3) is 0 Å². The minimum atomic E-state index is -0.580. The van der Waals surface area contributed by atoms with E-state index in [0.29, 0.717) is 11.1 Å². The predicted molar refractivity (Wildman–Crippen MR) is 128 cm³/mol. The van der Waals surface area contributed by atoms with Gasteiger partial charge in [-0.25, -0.2) is 14.6 Å². The van der Waals surface area contributed by atoms with E-state index in [1.165, 1.54) is 20.3 Å². The van der Waals surface area contributed by atoms with Crippen molar-refractivity contribution >= 4 is 35.5 Å². The van der Waals surface area contributed by atoms with Gasteiger partial charge in [0, 0.05) is 5.56 Å². The molecule has 0 amide bonds. The number of hydrogen-bond acceptors (Lipinski definition) is 7. The van der Waals surface area contributed by atoms with Gasteiger partial charge in [0.15, 0.2) is 23.8 Å². The Labute approximate surface area is 201 Å². The molecule has 0 atom stereocenters. The van der Waals surface area contributed by atoms with Crippen molar-refractivity contribution in [3.8, 4) is 22.6 Å². The van der Waals surface area contributed by atoms with Gasteiger partial charge in [-0.15, -0.1) is 0 Å². The zero-order valence-corrected chi connectivity index (χ0v) is 19.2. The van der Waals surface area contributed by atoms with Crippen LogP contribution in [0.3, 0.4) is 0 Å². The molecule has 34 heavy (non-hydrogen) atoms. The normalized spacial score (nSPS) is 13.9. The molecule has 0 bridgehead atoms. The summed E-state index contributed by atoms with van der Waals surface area (Å²) in [6.45, 7) is -0.323. The molecule has 3 aromatic carbocycles. The number of methoxy groups -OCH3 is 2. The summed E-state index contributed by atoms with van der Waals surface area (Å²) in [5, 5.41) is 0.196. The third-order valence-corrected chi connectivity index (χ3v) is 5.26. The first-order valence-electron chi connectivity index (χ1n) is 10.2. The smallest absolute Gasteiger partial charge is 0.363 e. The largest absolute Gasteiger partial charge is 0.493 e. The monoisotopic (exact) mass is 477 g/mol. The molecule has 0 N–H and O–H groups in total.